The van der Waals surface area contributed by atoms with E-state index in [-0.39, 0.29) is 11.3 Å². The standard InChI is InChI=1S/C14H22N4O2/c1-17-7-11(8-20-2)14(9-17)4-6-18(10-14)13(19)12-3-5-15-16-12/h3,5,11H,4,6-10H2,1-2H3,(H,15,16)/t11-,14-/m1/s1. The van der Waals surface area contributed by atoms with E-state index < -0.39 is 0 Å². The third kappa shape index (κ3) is 2.23. The van der Waals surface area contributed by atoms with Gasteiger partial charge in [-0.2, -0.15) is 5.10 Å². The number of rotatable bonds is 3. The summed E-state index contributed by atoms with van der Waals surface area (Å²) in [5.74, 6) is 0.571. The molecule has 0 aliphatic carbocycles. The SMILES string of the molecule is COC[C@H]1CN(C)C[C@@]12CCN(C(=O)c1ccn[nH]1)C2. The second-order valence-electron chi connectivity index (χ2n) is 6.16. The van der Waals surface area contributed by atoms with Crippen molar-refractivity contribution >= 4 is 5.91 Å². The maximum absolute atomic E-state index is 12.4. The van der Waals surface area contributed by atoms with Gasteiger partial charge in [0, 0.05) is 50.8 Å². The van der Waals surface area contributed by atoms with Gasteiger partial charge >= 0.3 is 0 Å². The number of amides is 1. The summed E-state index contributed by atoms with van der Waals surface area (Å²) in [6, 6.07) is 1.74. The minimum Gasteiger partial charge on any atom is -0.384 e. The first-order valence-corrected chi connectivity index (χ1v) is 7.11. The number of aromatic nitrogens is 2. The lowest BCUT2D eigenvalue weighted by molar-refractivity contribution is 0.0711. The van der Waals surface area contributed by atoms with Crippen LogP contribution >= 0.6 is 0 Å². The largest absolute Gasteiger partial charge is 0.384 e. The zero-order valence-electron chi connectivity index (χ0n) is 12.1. The van der Waals surface area contributed by atoms with Crippen LogP contribution in [0.15, 0.2) is 12.3 Å². The van der Waals surface area contributed by atoms with Gasteiger partial charge in [-0.05, 0) is 19.5 Å². The normalized spacial score (nSPS) is 30.5. The van der Waals surface area contributed by atoms with Crippen LogP contribution < -0.4 is 0 Å². The first-order chi connectivity index (χ1) is 9.64. The molecule has 2 atom stereocenters. The predicted octanol–water partition coefficient (Wildman–Crippen LogP) is 0.450. The molecule has 6 heteroatoms. The summed E-state index contributed by atoms with van der Waals surface area (Å²) >= 11 is 0. The van der Waals surface area contributed by atoms with E-state index in [2.05, 4.69) is 22.1 Å². The summed E-state index contributed by atoms with van der Waals surface area (Å²) in [5, 5.41) is 6.62. The lowest BCUT2D eigenvalue weighted by Gasteiger charge is -2.29. The molecule has 3 rings (SSSR count). The molecule has 1 amide bonds. The van der Waals surface area contributed by atoms with Crippen molar-refractivity contribution in [3.63, 3.8) is 0 Å². The first kappa shape index (κ1) is 13.6. The smallest absolute Gasteiger partial charge is 0.271 e. The molecule has 1 aromatic heterocycles. The molecule has 0 bridgehead atoms. The molecular formula is C14H22N4O2. The van der Waals surface area contributed by atoms with E-state index >= 15 is 0 Å². The Labute approximate surface area is 119 Å². The van der Waals surface area contributed by atoms with Gasteiger partial charge in [-0.1, -0.05) is 0 Å². The van der Waals surface area contributed by atoms with Gasteiger partial charge in [0.2, 0.25) is 0 Å². The van der Waals surface area contributed by atoms with Gasteiger partial charge in [-0.25, -0.2) is 0 Å². The van der Waals surface area contributed by atoms with Gasteiger partial charge in [-0.15, -0.1) is 0 Å². The maximum atomic E-state index is 12.4. The number of carbonyl (C=O) groups excluding carboxylic acids is 1. The lowest BCUT2D eigenvalue weighted by Crippen LogP contribution is -2.38. The minimum atomic E-state index is 0.0603. The fraction of sp³-hybridized carbons (Fsp3) is 0.714. The molecule has 2 aliphatic heterocycles. The molecular weight excluding hydrogens is 256 g/mol. The average Bonchev–Trinajstić information content (AvgIpc) is 3.12. The number of aromatic amines is 1. The third-order valence-corrected chi connectivity index (χ3v) is 4.75. The quantitative estimate of drug-likeness (QED) is 0.872. The number of nitrogens with one attached hydrogen (secondary N) is 1. The number of nitrogens with zero attached hydrogens (tertiary/aromatic N) is 3. The number of methoxy groups -OCH3 is 1. The Morgan fingerprint density at radius 2 is 2.45 bits per heavy atom. The molecule has 3 heterocycles. The van der Waals surface area contributed by atoms with Gasteiger partial charge in [0.1, 0.15) is 5.69 Å². The van der Waals surface area contributed by atoms with Crippen molar-refractivity contribution in [2.45, 2.75) is 6.42 Å². The molecule has 0 radical (unpaired) electrons. The van der Waals surface area contributed by atoms with Crippen LogP contribution in [-0.4, -0.2) is 72.8 Å². The zero-order valence-corrected chi connectivity index (χ0v) is 12.1. The summed E-state index contributed by atoms with van der Waals surface area (Å²) in [4.78, 5) is 16.7. The highest BCUT2D eigenvalue weighted by atomic mass is 16.5. The van der Waals surface area contributed by atoms with Crippen molar-refractivity contribution in [1.82, 2.24) is 20.0 Å². The van der Waals surface area contributed by atoms with E-state index in [0.29, 0.717) is 11.6 Å². The summed E-state index contributed by atoms with van der Waals surface area (Å²) in [6.07, 6.45) is 2.68. The molecule has 2 fully saturated rings. The van der Waals surface area contributed by atoms with Crippen LogP contribution in [0.25, 0.3) is 0 Å². The molecule has 20 heavy (non-hydrogen) atoms. The van der Waals surface area contributed by atoms with Crippen molar-refractivity contribution in [2.75, 3.05) is 46.9 Å². The third-order valence-electron chi connectivity index (χ3n) is 4.75. The average molecular weight is 278 g/mol. The van der Waals surface area contributed by atoms with Gasteiger partial charge in [-0.3, -0.25) is 9.89 Å². The molecule has 2 saturated heterocycles. The van der Waals surface area contributed by atoms with Crippen molar-refractivity contribution in [3.8, 4) is 0 Å². The van der Waals surface area contributed by atoms with Crippen molar-refractivity contribution in [2.24, 2.45) is 11.3 Å². The van der Waals surface area contributed by atoms with Gasteiger partial charge in [0.25, 0.3) is 5.91 Å². The lowest BCUT2D eigenvalue weighted by atomic mass is 9.78. The molecule has 0 saturated carbocycles. The number of ether oxygens (including phenoxy) is 1. The summed E-state index contributed by atoms with van der Waals surface area (Å²) in [5.41, 5.74) is 0.775. The molecule has 0 aromatic carbocycles. The number of hydrogen-bond acceptors (Lipinski definition) is 4. The maximum Gasteiger partial charge on any atom is 0.271 e. The molecule has 1 aromatic rings. The second kappa shape index (κ2) is 5.18. The molecule has 0 unspecified atom stereocenters. The van der Waals surface area contributed by atoms with E-state index in [1.807, 2.05) is 4.90 Å². The summed E-state index contributed by atoms with van der Waals surface area (Å²) < 4.78 is 5.38. The van der Waals surface area contributed by atoms with E-state index in [4.69, 9.17) is 4.74 Å². The Bertz CT molecular complexity index is 476. The van der Waals surface area contributed by atoms with Crippen molar-refractivity contribution in [3.05, 3.63) is 18.0 Å². The van der Waals surface area contributed by atoms with E-state index in [0.717, 1.165) is 39.2 Å². The first-order valence-electron chi connectivity index (χ1n) is 7.11. The Kier molecular flexibility index (Phi) is 3.52. The number of carbonyl (C=O) groups is 1. The van der Waals surface area contributed by atoms with E-state index in [1.165, 1.54) is 0 Å². The Balaban J connectivity index is 1.73. The van der Waals surface area contributed by atoms with Crippen LogP contribution in [0.5, 0.6) is 0 Å². The fourth-order valence-electron chi connectivity index (χ4n) is 3.81. The Morgan fingerprint density at radius 3 is 3.15 bits per heavy atom. The van der Waals surface area contributed by atoms with Crippen LogP contribution in [0, 0.1) is 11.3 Å². The highest BCUT2D eigenvalue weighted by Crippen LogP contribution is 2.43. The highest BCUT2D eigenvalue weighted by Gasteiger charge is 2.50. The molecule has 1 N–H and O–H groups in total. The van der Waals surface area contributed by atoms with E-state index in [1.54, 1.807) is 19.4 Å². The van der Waals surface area contributed by atoms with Gasteiger partial charge in [0.15, 0.2) is 0 Å². The van der Waals surface area contributed by atoms with Gasteiger partial charge in [0.05, 0.1) is 6.61 Å². The van der Waals surface area contributed by atoms with Crippen LogP contribution in [-0.2, 0) is 4.74 Å². The van der Waals surface area contributed by atoms with Crippen molar-refractivity contribution < 1.29 is 9.53 Å². The summed E-state index contributed by atoms with van der Waals surface area (Å²) in [7, 11) is 3.91. The highest BCUT2D eigenvalue weighted by molar-refractivity contribution is 5.92. The summed E-state index contributed by atoms with van der Waals surface area (Å²) in [6.45, 7) is 4.53. The molecule has 1 spiro atoms. The predicted molar refractivity (Wildman–Crippen MR) is 74.4 cm³/mol. The second-order valence-corrected chi connectivity index (χ2v) is 6.16. The topological polar surface area (TPSA) is 61.5 Å². The van der Waals surface area contributed by atoms with Crippen LogP contribution in [0.4, 0.5) is 0 Å². The van der Waals surface area contributed by atoms with Crippen LogP contribution in [0.2, 0.25) is 0 Å². The number of hydrogen-bond donors (Lipinski definition) is 1. The molecule has 2 aliphatic rings. The van der Waals surface area contributed by atoms with Crippen LogP contribution in [0.1, 0.15) is 16.9 Å². The molecule has 110 valence electrons. The van der Waals surface area contributed by atoms with Gasteiger partial charge < -0.3 is 14.5 Å². The number of H-pyrrole nitrogens is 1. The Morgan fingerprint density at radius 1 is 1.60 bits per heavy atom. The monoisotopic (exact) mass is 278 g/mol. The minimum absolute atomic E-state index is 0.0603. The number of likely N-dealkylation sites (tertiary alicyclic amines) is 2. The molecule has 6 nitrogen and oxygen atoms in total. The van der Waals surface area contributed by atoms with E-state index in [9.17, 15) is 4.79 Å². The fourth-order valence-corrected chi connectivity index (χ4v) is 3.81. The zero-order chi connectivity index (χ0) is 14.2. The van der Waals surface area contributed by atoms with Crippen LogP contribution in [0.3, 0.4) is 0 Å². The Hall–Kier alpha value is -1.40. The van der Waals surface area contributed by atoms with Crippen molar-refractivity contribution in [1.29, 1.82) is 0 Å².